The number of hydrogen-bond donors (Lipinski definition) is 1. The normalized spacial score (nSPS) is 16.8. The van der Waals surface area contributed by atoms with E-state index < -0.39 is 13.4 Å². The summed E-state index contributed by atoms with van der Waals surface area (Å²) in [4.78, 5) is 0. The highest BCUT2D eigenvalue weighted by molar-refractivity contribution is 7.60. The standard InChI is InChI=1S/C12H28NO4P/c1-5-11(9-10-13)18(14,17-8-4)12(15-6-2)16-7-3/h11-12H,5-10,13H2,1-4H3. The van der Waals surface area contributed by atoms with E-state index in [4.69, 9.17) is 19.7 Å². The summed E-state index contributed by atoms with van der Waals surface area (Å²) in [6.45, 7) is 9.28. The summed E-state index contributed by atoms with van der Waals surface area (Å²) in [5.41, 5.74) is 5.48. The van der Waals surface area contributed by atoms with Crippen molar-refractivity contribution in [1.82, 2.24) is 0 Å². The lowest BCUT2D eigenvalue weighted by atomic mass is 10.2. The molecular weight excluding hydrogens is 253 g/mol. The van der Waals surface area contributed by atoms with Crippen molar-refractivity contribution in [2.45, 2.75) is 52.2 Å². The number of rotatable bonds is 11. The van der Waals surface area contributed by atoms with Crippen LogP contribution in [0.4, 0.5) is 0 Å². The van der Waals surface area contributed by atoms with Crippen LogP contribution < -0.4 is 5.73 Å². The molecule has 0 aliphatic carbocycles. The first-order chi connectivity index (χ1) is 8.60. The van der Waals surface area contributed by atoms with Gasteiger partial charge >= 0.3 is 0 Å². The molecule has 0 heterocycles. The molecule has 2 N–H and O–H groups in total. The molecule has 0 saturated heterocycles. The molecule has 110 valence electrons. The maximum absolute atomic E-state index is 13.1. The van der Waals surface area contributed by atoms with E-state index in [2.05, 4.69) is 0 Å². The Bertz CT molecular complexity index is 244. The molecule has 2 unspecified atom stereocenters. The monoisotopic (exact) mass is 281 g/mol. The van der Waals surface area contributed by atoms with Gasteiger partial charge in [-0.1, -0.05) is 6.92 Å². The molecule has 0 bridgehead atoms. The second kappa shape index (κ2) is 9.93. The summed E-state index contributed by atoms with van der Waals surface area (Å²) in [6, 6.07) is -0.774. The Morgan fingerprint density at radius 1 is 1.06 bits per heavy atom. The van der Waals surface area contributed by atoms with Gasteiger partial charge in [-0.2, -0.15) is 0 Å². The molecule has 0 aromatic carbocycles. The highest BCUT2D eigenvalue weighted by atomic mass is 31.2. The average Bonchev–Trinajstić information content (AvgIpc) is 2.35. The zero-order chi connectivity index (χ0) is 14.0. The zero-order valence-electron chi connectivity index (χ0n) is 12.1. The van der Waals surface area contributed by atoms with Crippen molar-refractivity contribution in [2.75, 3.05) is 26.4 Å². The van der Waals surface area contributed by atoms with E-state index in [1.54, 1.807) is 0 Å². The van der Waals surface area contributed by atoms with Crippen molar-refractivity contribution in [1.29, 1.82) is 0 Å². The second-order valence-electron chi connectivity index (χ2n) is 3.92. The van der Waals surface area contributed by atoms with Crippen LogP contribution in [-0.4, -0.2) is 38.1 Å². The third-order valence-corrected chi connectivity index (χ3v) is 5.91. The Balaban J connectivity index is 5.08. The first-order valence-corrected chi connectivity index (χ1v) is 8.54. The van der Waals surface area contributed by atoms with Crippen LogP contribution in [0.3, 0.4) is 0 Å². The fourth-order valence-corrected chi connectivity index (χ4v) is 4.72. The molecule has 6 heteroatoms. The highest BCUT2D eigenvalue weighted by Crippen LogP contribution is 2.59. The minimum absolute atomic E-state index is 0.106. The van der Waals surface area contributed by atoms with Crippen LogP contribution in [0.5, 0.6) is 0 Å². The highest BCUT2D eigenvalue weighted by Gasteiger charge is 2.42. The predicted octanol–water partition coefficient (Wildman–Crippen LogP) is 2.79. The molecule has 0 rings (SSSR count). The van der Waals surface area contributed by atoms with Gasteiger partial charge in [-0.05, 0) is 40.2 Å². The van der Waals surface area contributed by atoms with Crippen molar-refractivity contribution in [3.8, 4) is 0 Å². The van der Waals surface area contributed by atoms with E-state index in [-0.39, 0.29) is 5.66 Å². The smallest absolute Gasteiger partial charge is 0.260 e. The fraction of sp³-hybridized carbons (Fsp3) is 1.00. The van der Waals surface area contributed by atoms with E-state index >= 15 is 0 Å². The van der Waals surface area contributed by atoms with Crippen LogP contribution in [0.2, 0.25) is 0 Å². The maximum Gasteiger partial charge on any atom is 0.260 e. The summed E-state index contributed by atoms with van der Waals surface area (Å²) in [7, 11) is -3.01. The van der Waals surface area contributed by atoms with E-state index in [1.165, 1.54) is 0 Å². The Hall–Kier alpha value is 0.0700. The third-order valence-electron chi connectivity index (χ3n) is 2.72. The molecular formula is C12H28NO4P. The van der Waals surface area contributed by atoms with Gasteiger partial charge in [0.05, 0.1) is 6.61 Å². The lowest BCUT2D eigenvalue weighted by molar-refractivity contribution is -0.0898. The molecule has 0 radical (unpaired) electrons. The Kier molecular flexibility index (Phi) is 9.97. The lowest BCUT2D eigenvalue weighted by Crippen LogP contribution is -2.27. The maximum atomic E-state index is 13.1. The minimum Gasteiger partial charge on any atom is -0.345 e. The summed E-state index contributed by atoms with van der Waals surface area (Å²) in [5, 5.41) is 0. The van der Waals surface area contributed by atoms with Gasteiger partial charge in [0.1, 0.15) is 0 Å². The Labute approximate surface area is 111 Å². The van der Waals surface area contributed by atoms with Gasteiger partial charge in [0.2, 0.25) is 6.03 Å². The van der Waals surface area contributed by atoms with Gasteiger partial charge in [-0.25, -0.2) is 0 Å². The quantitative estimate of drug-likeness (QED) is 0.466. The minimum atomic E-state index is -3.01. The van der Waals surface area contributed by atoms with Crippen LogP contribution >= 0.6 is 7.37 Å². The Morgan fingerprint density at radius 2 is 1.61 bits per heavy atom. The van der Waals surface area contributed by atoms with Crippen molar-refractivity contribution in [3.05, 3.63) is 0 Å². The zero-order valence-corrected chi connectivity index (χ0v) is 12.9. The van der Waals surface area contributed by atoms with Gasteiger partial charge in [0.15, 0.2) is 0 Å². The second-order valence-corrected chi connectivity index (χ2v) is 6.62. The van der Waals surface area contributed by atoms with Crippen molar-refractivity contribution in [3.63, 3.8) is 0 Å². The first kappa shape index (κ1) is 18.1. The summed E-state index contributed by atoms with van der Waals surface area (Å²) in [6.07, 6.45) is 1.40. The molecule has 2 atom stereocenters. The molecule has 0 saturated carbocycles. The largest absolute Gasteiger partial charge is 0.345 e. The van der Waals surface area contributed by atoms with Crippen LogP contribution in [0.1, 0.15) is 40.5 Å². The molecule has 0 spiro atoms. The van der Waals surface area contributed by atoms with Crippen molar-refractivity contribution < 1.29 is 18.6 Å². The lowest BCUT2D eigenvalue weighted by Gasteiger charge is -2.32. The molecule has 0 aliphatic rings. The average molecular weight is 281 g/mol. The van der Waals surface area contributed by atoms with E-state index in [9.17, 15) is 4.57 Å². The van der Waals surface area contributed by atoms with E-state index in [1.807, 2.05) is 27.7 Å². The predicted molar refractivity (Wildman–Crippen MR) is 74.0 cm³/mol. The number of ether oxygens (including phenoxy) is 2. The molecule has 5 nitrogen and oxygen atoms in total. The molecule has 0 aromatic rings. The summed E-state index contributed by atoms with van der Waals surface area (Å²) < 4.78 is 29.6. The van der Waals surface area contributed by atoms with Gasteiger partial charge in [0.25, 0.3) is 7.37 Å². The number of nitrogens with two attached hydrogens (primary N) is 1. The SMILES string of the molecule is CCOC(OCC)P(=O)(OCC)C(CC)CCN. The fourth-order valence-electron chi connectivity index (χ4n) is 1.91. The van der Waals surface area contributed by atoms with E-state index in [0.29, 0.717) is 32.8 Å². The Morgan fingerprint density at radius 3 is 1.94 bits per heavy atom. The van der Waals surface area contributed by atoms with Crippen molar-refractivity contribution >= 4 is 7.37 Å². The van der Waals surface area contributed by atoms with Crippen LogP contribution in [0.15, 0.2) is 0 Å². The summed E-state index contributed by atoms with van der Waals surface area (Å²) in [5.74, 6) is 0. The topological polar surface area (TPSA) is 70.8 Å². The van der Waals surface area contributed by atoms with Gasteiger partial charge in [0, 0.05) is 18.9 Å². The van der Waals surface area contributed by atoms with Gasteiger partial charge < -0.3 is 19.7 Å². The van der Waals surface area contributed by atoms with Crippen LogP contribution in [0.25, 0.3) is 0 Å². The van der Waals surface area contributed by atoms with Crippen LogP contribution in [-0.2, 0) is 18.6 Å². The summed E-state index contributed by atoms with van der Waals surface area (Å²) >= 11 is 0. The third kappa shape index (κ3) is 4.98. The van der Waals surface area contributed by atoms with Crippen molar-refractivity contribution in [2.24, 2.45) is 5.73 Å². The number of hydrogen-bond acceptors (Lipinski definition) is 5. The van der Waals surface area contributed by atoms with Crippen LogP contribution in [0, 0.1) is 0 Å². The van der Waals surface area contributed by atoms with E-state index in [0.717, 1.165) is 6.42 Å². The molecule has 0 amide bonds. The van der Waals surface area contributed by atoms with Gasteiger partial charge in [-0.15, -0.1) is 0 Å². The molecule has 0 aromatic heterocycles. The first-order valence-electron chi connectivity index (χ1n) is 6.77. The molecule has 0 aliphatic heterocycles. The molecule has 18 heavy (non-hydrogen) atoms. The molecule has 0 fully saturated rings. The van der Waals surface area contributed by atoms with Gasteiger partial charge in [-0.3, -0.25) is 4.57 Å².